The predicted molar refractivity (Wildman–Crippen MR) is 89.0 cm³/mol. The first kappa shape index (κ1) is 17.0. The first-order valence-electron chi connectivity index (χ1n) is 8.89. The van der Waals surface area contributed by atoms with Crippen LogP contribution in [-0.2, 0) is 6.54 Å². The Morgan fingerprint density at radius 3 is 2.39 bits per heavy atom. The average Bonchev–Trinajstić information content (AvgIpc) is 3.14. The van der Waals surface area contributed by atoms with Crippen molar-refractivity contribution in [3.63, 3.8) is 0 Å². The van der Waals surface area contributed by atoms with E-state index in [1.54, 1.807) is 0 Å². The summed E-state index contributed by atoms with van der Waals surface area (Å²) in [5.41, 5.74) is 0. The molecular weight excluding hydrogens is 292 g/mol. The molecule has 2 saturated heterocycles. The van der Waals surface area contributed by atoms with Crippen LogP contribution in [0.2, 0.25) is 0 Å². The number of hydrogen-bond donors (Lipinski definition) is 2. The number of aliphatic hydroxyl groups is 2. The Hall–Kier alpha value is -0.880. The van der Waals surface area contributed by atoms with E-state index in [0.29, 0.717) is 24.4 Å². The molecule has 0 aliphatic carbocycles. The van der Waals surface area contributed by atoms with Gasteiger partial charge in [-0.1, -0.05) is 0 Å². The summed E-state index contributed by atoms with van der Waals surface area (Å²) in [5.74, 6) is 3.36. The predicted octanol–water partition coefficient (Wildman–Crippen LogP) is 1.33. The lowest BCUT2D eigenvalue weighted by Crippen LogP contribution is -2.40. The van der Waals surface area contributed by atoms with E-state index < -0.39 is 0 Å². The van der Waals surface area contributed by atoms with E-state index in [1.807, 2.05) is 13.0 Å². The van der Waals surface area contributed by atoms with E-state index in [2.05, 4.69) is 15.9 Å². The number of rotatable bonds is 6. The molecule has 2 N–H and O–H groups in total. The van der Waals surface area contributed by atoms with Gasteiger partial charge in [0, 0.05) is 32.8 Å². The standard InChI is InChI=1S/C18H30N2O3/c1-14-2-3-18(23-14)11-20-9-16(17(10-20)13-22)8-19-6-4-15(12-21)5-7-19/h2-3,15-17,21-22H,4-13H2,1H3/t16-,17-/m1/s1. The molecule has 2 fully saturated rings. The van der Waals surface area contributed by atoms with Gasteiger partial charge in [-0.3, -0.25) is 4.90 Å². The first-order valence-corrected chi connectivity index (χ1v) is 8.89. The van der Waals surface area contributed by atoms with Crippen LogP contribution in [0, 0.1) is 24.7 Å². The minimum atomic E-state index is 0.269. The van der Waals surface area contributed by atoms with Gasteiger partial charge in [-0.05, 0) is 62.7 Å². The van der Waals surface area contributed by atoms with Gasteiger partial charge in [0.15, 0.2) is 0 Å². The Balaban J connectivity index is 1.50. The zero-order valence-electron chi connectivity index (χ0n) is 14.2. The lowest BCUT2D eigenvalue weighted by atomic mass is 9.93. The van der Waals surface area contributed by atoms with Gasteiger partial charge >= 0.3 is 0 Å². The van der Waals surface area contributed by atoms with Crippen molar-refractivity contribution in [3.8, 4) is 0 Å². The van der Waals surface area contributed by atoms with Crippen LogP contribution in [0.15, 0.2) is 16.5 Å². The lowest BCUT2D eigenvalue weighted by Gasteiger charge is -2.33. The number of nitrogens with zero attached hydrogens (tertiary/aromatic N) is 2. The second kappa shape index (κ2) is 7.79. The van der Waals surface area contributed by atoms with Crippen molar-refractivity contribution in [2.45, 2.75) is 26.3 Å². The molecule has 0 radical (unpaired) electrons. The molecule has 3 rings (SSSR count). The Morgan fingerprint density at radius 2 is 1.78 bits per heavy atom. The third kappa shape index (κ3) is 4.35. The van der Waals surface area contributed by atoms with Crippen LogP contribution in [0.1, 0.15) is 24.4 Å². The van der Waals surface area contributed by atoms with E-state index in [1.165, 1.54) is 0 Å². The third-order valence-corrected chi connectivity index (χ3v) is 5.52. The maximum absolute atomic E-state index is 9.73. The van der Waals surface area contributed by atoms with Crippen LogP contribution >= 0.6 is 0 Å². The molecule has 1 aromatic heterocycles. The van der Waals surface area contributed by atoms with Crippen LogP contribution < -0.4 is 0 Å². The van der Waals surface area contributed by atoms with Crippen LogP contribution in [-0.4, -0.2) is 66.0 Å². The van der Waals surface area contributed by atoms with Gasteiger partial charge in [0.25, 0.3) is 0 Å². The van der Waals surface area contributed by atoms with Gasteiger partial charge in [-0.25, -0.2) is 0 Å². The molecule has 2 aliphatic rings. The van der Waals surface area contributed by atoms with Crippen molar-refractivity contribution < 1.29 is 14.6 Å². The zero-order chi connectivity index (χ0) is 16.2. The third-order valence-electron chi connectivity index (χ3n) is 5.52. The summed E-state index contributed by atoms with van der Waals surface area (Å²) in [4.78, 5) is 4.92. The molecule has 0 unspecified atom stereocenters. The largest absolute Gasteiger partial charge is 0.465 e. The normalized spacial score (nSPS) is 27.8. The molecule has 5 nitrogen and oxygen atoms in total. The van der Waals surface area contributed by atoms with E-state index in [-0.39, 0.29) is 6.61 Å². The molecule has 0 saturated carbocycles. The summed E-state index contributed by atoms with van der Waals surface area (Å²) < 4.78 is 5.69. The van der Waals surface area contributed by atoms with Crippen molar-refractivity contribution in [1.82, 2.24) is 9.80 Å². The van der Waals surface area contributed by atoms with Crippen molar-refractivity contribution in [1.29, 1.82) is 0 Å². The van der Waals surface area contributed by atoms with Crippen molar-refractivity contribution in [3.05, 3.63) is 23.7 Å². The van der Waals surface area contributed by atoms with Crippen LogP contribution in [0.3, 0.4) is 0 Å². The Labute approximate surface area is 138 Å². The zero-order valence-corrected chi connectivity index (χ0v) is 14.2. The summed E-state index contributed by atoms with van der Waals surface area (Å²) in [6.45, 7) is 8.62. The minimum Gasteiger partial charge on any atom is -0.465 e. The fraction of sp³-hybridized carbons (Fsp3) is 0.778. The van der Waals surface area contributed by atoms with Crippen molar-refractivity contribution >= 4 is 0 Å². The minimum absolute atomic E-state index is 0.269. The number of hydrogen-bond acceptors (Lipinski definition) is 5. The van der Waals surface area contributed by atoms with E-state index >= 15 is 0 Å². The second-order valence-electron chi connectivity index (χ2n) is 7.34. The summed E-state index contributed by atoms with van der Waals surface area (Å²) in [7, 11) is 0. The van der Waals surface area contributed by atoms with E-state index in [4.69, 9.17) is 4.42 Å². The molecule has 3 heterocycles. The molecule has 1 aromatic rings. The molecular formula is C18H30N2O3. The molecule has 0 spiro atoms. The van der Waals surface area contributed by atoms with Gasteiger partial charge in [0.2, 0.25) is 0 Å². The van der Waals surface area contributed by atoms with Crippen LogP contribution in [0.25, 0.3) is 0 Å². The van der Waals surface area contributed by atoms with Crippen molar-refractivity contribution in [2.75, 3.05) is 45.9 Å². The summed E-state index contributed by atoms with van der Waals surface area (Å²) in [6.07, 6.45) is 2.20. The highest BCUT2D eigenvalue weighted by atomic mass is 16.3. The van der Waals surface area contributed by atoms with E-state index in [0.717, 1.165) is 63.6 Å². The highest BCUT2D eigenvalue weighted by Crippen LogP contribution is 2.27. The quantitative estimate of drug-likeness (QED) is 0.827. The molecule has 2 aliphatic heterocycles. The molecule has 0 amide bonds. The lowest BCUT2D eigenvalue weighted by molar-refractivity contribution is 0.106. The topological polar surface area (TPSA) is 60.1 Å². The number of aliphatic hydroxyl groups excluding tert-OH is 2. The fourth-order valence-corrected chi connectivity index (χ4v) is 4.05. The number of piperidine rings is 1. The Morgan fingerprint density at radius 1 is 1.04 bits per heavy atom. The van der Waals surface area contributed by atoms with Gasteiger partial charge in [-0.15, -0.1) is 0 Å². The smallest absolute Gasteiger partial charge is 0.118 e. The highest BCUT2D eigenvalue weighted by Gasteiger charge is 2.34. The summed E-state index contributed by atoms with van der Waals surface area (Å²) in [6, 6.07) is 4.06. The first-order chi connectivity index (χ1) is 11.2. The second-order valence-corrected chi connectivity index (χ2v) is 7.34. The van der Waals surface area contributed by atoms with Crippen LogP contribution in [0.5, 0.6) is 0 Å². The van der Waals surface area contributed by atoms with Gasteiger partial charge < -0.3 is 19.5 Å². The molecule has 0 bridgehead atoms. The molecule has 130 valence electrons. The highest BCUT2D eigenvalue weighted by molar-refractivity contribution is 5.06. The SMILES string of the molecule is Cc1ccc(CN2C[C@@H](CN3CCC(CO)CC3)[C@@H](CO)C2)o1. The molecule has 2 atom stereocenters. The van der Waals surface area contributed by atoms with Gasteiger partial charge in [0.05, 0.1) is 6.54 Å². The Bertz CT molecular complexity index is 482. The van der Waals surface area contributed by atoms with Crippen molar-refractivity contribution in [2.24, 2.45) is 17.8 Å². The number of aryl methyl sites for hydroxylation is 1. The van der Waals surface area contributed by atoms with Gasteiger partial charge in [-0.2, -0.15) is 0 Å². The van der Waals surface area contributed by atoms with Crippen LogP contribution in [0.4, 0.5) is 0 Å². The summed E-state index contributed by atoms with van der Waals surface area (Å²) >= 11 is 0. The maximum atomic E-state index is 9.73. The average molecular weight is 322 g/mol. The number of likely N-dealkylation sites (tertiary alicyclic amines) is 2. The fourth-order valence-electron chi connectivity index (χ4n) is 4.05. The van der Waals surface area contributed by atoms with E-state index in [9.17, 15) is 10.2 Å². The molecule has 0 aromatic carbocycles. The summed E-state index contributed by atoms with van der Waals surface area (Å²) in [5, 5.41) is 19.0. The maximum Gasteiger partial charge on any atom is 0.118 e. The molecule has 23 heavy (non-hydrogen) atoms. The number of furan rings is 1. The Kier molecular flexibility index (Phi) is 5.75. The van der Waals surface area contributed by atoms with Gasteiger partial charge in [0.1, 0.15) is 11.5 Å². The monoisotopic (exact) mass is 322 g/mol. The molecule has 5 heteroatoms.